The first-order valence-corrected chi connectivity index (χ1v) is 5.13. The van der Waals surface area contributed by atoms with Crippen molar-refractivity contribution in [2.45, 2.75) is 25.5 Å². The van der Waals surface area contributed by atoms with E-state index < -0.39 is 12.1 Å². The van der Waals surface area contributed by atoms with E-state index >= 15 is 0 Å². The Morgan fingerprint density at radius 2 is 2.38 bits per heavy atom. The summed E-state index contributed by atoms with van der Waals surface area (Å²) in [5.74, 6) is -0.636. The number of carbonyl (C=O) groups is 2. The number of carbonyl (C=O) groups excluding carboxylic acids is 3. The number of Topliss-reactive ketones (excluding diaryl/α,β-unsaturated/α-hetero) is 1. The van der Waals surface area contributed by atoms with E-state index in [4.69, 9.17) is 4.74 Å². The molecule has 0 aromatic carbocycles. The SMILES string of the molecule is CC(=O)NC(C[C]=O)C(=O)C1CNCCO1. The lowest BCUT2D eigenvalue weighted by atomic mass is 10.0. The van der Waals surface area contributed by atoms with Gasteiger partial charge < -0.3 is 15.4 Å². The molecule has 1 aliphatic rings. The molecule has 1 saturated heterocycles. The molecule has 0 aromatic rings. The van der Waals surface area contributed by atoms with E-state index in [0.29, 0.717) is 19.7 Å². The van der Waals surface area contributed by atoms with Gasteiger partial charge in [0.25, 0.3) is 0 Å². The van der Waals surface area contributed by atoms with Gasteiger partial charge in [-0.25, -0.2) is 0 Å². The number of morpholine rings is 1. The number of amides is 1. The van der Waals surface area contributed by atoms with Crippen molar-refractivity contribution in [3.05, 3.63) is 0 Å². The number of ether oxygens (including phenoxy) is 1. The van der Waals surface area contributed by atoms with Crippen LogP contribution in [0.2, 0.25) is 0 Å². The molecule has 1 aliphatic heterocycles. The van der Waals surface area contributed by atoms with Crippen molar-refractivity contribution < 1.29 is 19.1 Å². The Bertz CT molecular complexity index is 274. The number of hydrogen-bond acceptors (Lipinski definition) is 5. The van der Waals surface area contributed by atoms with Crippen molar-refractivity contribution >= 4 is 18.0 Å². The van der Waals surface area contributed by atoms with Gasteiger partial charge in [-0.2, -0.15) is 0 Å². The smallest absolute Gasteiger partial charge is 0.217 e. The highest BCUT2D eigenvalue weighted by Gasteiger charge is 2.29. The van der Waals surface area contributed by atoms with Crippen molar-refractivity contribution in [1.82, 2.24) is 10.6 Å². The Balaban J connectivity index is 2.57. The molecule has 2 unspecified atom stereocenters. The Morgan fingerprint density at radius 3 is 2.88 bits per heavy atom. The maximum atomic E-state index is 11.9. The summed E-state index contributed by atoms with van der Waals surface area (Å²) < 4.78 is 5.26. The van der Waals surface area contributed by atoms with Crippen LogP contribution in [0.1, 0.15) is 13.3 Å². The van der Waals surface area contributed by atoms with E-state index in [2.05, 4.69) is 10.6 Å². The van der Waals surface area contributed by atoms with Crippen molar-refractivity contribution in [2.75, 3.05) is 19.7 Å². The minimum absolute atomic E-state index is 0.141. The topological polar surface area (TPSA) is 84.5 Å². The third-order valence-corrected chi connectivity index (χ3v) is 2.25. The number of ketones is 1. The van der Waals surface area contributed by atoms with Gasteiger partial charge in [-0.05, 0) is 0 Å². The summed E-state index contributed by atoms with van der Waals surface area (Å²) >= 11 is 0. The summed E-state index contributed by atoms with van der Waals surface area (Å²) in [5, 5.41) is 5.43. The van der Waals surface area contributed by atoms with Crippen molar-refractivity contribution in [3.8, 4) is 0 Å². The first kappa shape index (κ1) is 12.8. The molecule has 1 amide bonds. The average Bonchev–Trinajstić information content (AvgIpc) is 2.28. The largest absolute Gasteiger partial charge is 0.368 e. The minimum Gasteiger partial charge on any atom is -0.368 e. The van der Waals surface area contributed by atoms with E-state index in [-0.39, 0.29) is 18.1 Å². The van der Waals surface area contributed by atoms with E-state index in [1.54, 1.807) is 6.29 Å². The van der Waals surface area contributed by atoms with Crippen LogP contribution in [0.25, 0.3) is 0 Å². The molecule has 0 aromatic heterocycles. The summed E-state index contributed by atoms with van der Waals surface area (Å²) in [6.07, 6.45) is 0.893. The Morgan fingerprint density at radius 1 is 1.62 bits per heavy atom. The molecule has 0 spiro atoms. The van der Waals surface area contributed by atoms with Crippen LogP contribution < -0.4 is 10.6 Å². The zero-order valence-corrected chi connectivity index (χ0v) is 9.12. The van der Waals surface area contributed by atoms with E-state index in [0.717, 1.165) is 0 Å². The van der Waals surface area contributed by atoms with Crippen LogP contribution in [-0.2, 0) is 19.1 Å². The quantitative estimate of drug-likeness (QED) is 0.600. The highest BCUT2D eigenvalue weighted by Crippen LogP contribution is 2.03. The zero-order chi connectivity index (χ0) is 12.0. The van der Waals surface area contributed by atoms with Gasteiger partial charge in [-0.15, -0.1) is 0 Å². The summed E-state index contributed by atoms with van der Waals surface area (Å²) in [4.78, 5) is 33.0. The van der Waals surface area contributed by atoms with Gasteiger partial charge in [-0.3, -0.25) is 14.4 Å². The molecule has 1 rings (SSSR count). The second-order valence-corrected chi connectivity index (χ2v) is 3.57. The fourth-order valence-corrected chi connectivity index (χ4v) is 1.52. The summed E-state index contributed by atoms with van der Waals surface area (Å²) in [6, 6.07) is -0.833. The van der Waals surface area contributed by atoms with E-state index in [1.165, 1.54) is 6.92 Å². The molecule has 6 nitrogen and oxygen atoms in total. The van der Waals surface area contributed by atoms with Crippen LogP contribution in [0.3, 0.4) is 0 Å². The Hall–Kier alpha value is -1.27. The van der Waals surface area contributed by atoms with Crippen molar-refractivity contribution in [3.63, 3.8) is 0 Å². The predicted molar refractivity (Wildman–Crippen MR) is 55.5 cm³/mol. The summed E-state index contributed by atoms with van der Waals surface area (Å²) in [7, 11) is 0. The number of hydrogen-bond donors (Lipinski definition) is 2. The van der Waals surface area contributed by atoms with Gasteiger partial charge in [0.2, 0.25) is 12.2 Å². The maximum Gasteiger partial charge on any atom is 0.217 e. The lowest BCUT2D eigenvalue weighted by Gasteiger charge is -2.25. The Labute approximate surface area is 93.7 Å². The van der Waals surface area contributed by atoms with Gasteiger partial charge in [0.1, 0.15) is 6.10 Å². The molecule has 6 heteroatoms. The molecule has 0 saturated carbocycles. The van der Waals surface area contributed by atoms with Crippen LogP contribution in [0.5, 0.6) is 0 Å². The molecule has 0 aliphatic carbocycles. The van der Waals surface area contributed by atoms with Crippen molar-refractivity contribution in [1.29, 1.82) is 0 Å². The van der Waals surface area contributed by atoms with Gasteiger partial charge in [-0.1, -0.05) is 0 Å². The normalized spacial score (nSPS) is 22.2. The first-order valence-electron chi connectivity index (χ1n) is 5.13. The number of rotatable bonds is 5. The maximum absolute atomic E-state index is 11.9. The average molecular weight is 227 g/mol. The Kier molecular flexibility index (Phi) is 5.07. The molecule has 0 bridgehead atoms. The highest BCUT2D eigenvalue weighted by atomic mass is 16.5. The van der Waals surface area contributed by atoms with Crippen molar-refractivity contribution in [2.24, 2.45) is 0 Å². The van der Waals surface area contributed by atoms with Gasteiger partial charge in [0, 0.05) is 26.4 Å². The predicted octanol–water partition coefficient (Wildman–Crippen LogP) is -1.45. The van der Waals surface area contributed by atoms with Gasteiger partial charge >= 0.3 is 0 Å². The fraction of sp³-hybridized carbons (Fsp3) is 0.700. The fourth-order valence-electron chi connectivity index (χ4n) is 1.52. The van der Waals surface area contributed by atoms with E-state index in [1.807, 2.05) is 0 Å². The molecular formula is C10H15N2O4. The van der Waals surface area contributed by atoms with Crippen LogP contribution in [-0.4, -0.2) is 49.8 Å². The highest BCUT2D eigenvalue weighted by molar-refractivity contribution is 5.93. The van der Waals surface area contributed by atoms with Crippen LogP contribution in [0, 0.1) is 0 Å². The molecule has 1 radical (unpaired) electrons. The third-order valence-electron chi connectivity index (χ3n) is 2.25. The van der Waals surface area contributed by atoms with Gasteiger partial charge in [0.15, 0.2) is 5.78 Å². The molecule has 1 fully saturated rings. The van der Waals surface area contributed by atoms with Gasteiger partial charge in [0.05, 0.1) is 12.6 Å². The minimum atomic E-state index is -0.833. The molecular weight excluding hydrogens is 212 g/mol. The van der Waals surface area contributed by atoms with E-state index in [9.17, 15) is 14.4 Å². The monoisotopic (exact) mass is 227 g/mol. The standard InChI is InChI=1S/C10H15N2O4/c1-7(14)12-8(2-4-13)10(15)9-6-11-3-5-16-9/h8-9,11H,2-3,5-6H2,1H3,(H,12,14). The molecule has 1 heterocycles. The number of nitrogens with one attached hydrogen (secondary N) is 2. The third kappa shape index (κ3) is 3.71. The zero-order valence-electron chi connectivity index (χ0n) is 9.12. The van der Waals surface area contributed by atoms with Crippen LogP contribution >= 0.6 is 0 Å². The lowest BCUT2D eigenvalue weighted by Crippen LogP contribution is -2.51. The van der Waals surface area contributed by atoms with Crippen LogP contribution in [0.15, 0.2) is 0 Å². The first-order chi connectivity index (χ1) is 7.65. The second kappa shape index (κ2) is 6.34. The molecule has 16 heavy (non-hydrogen) atoms. The second-order valence-electron chi connectivity index (χ2n) is 3.57. The molecule has 89 valence electrons. The molecule has 2 atom stereocenters. The summed E-state index contributed by atoms with van der Waals surface area (Å²) in [5.41, 5.74) is 0. The van der Waals surface area contributed by atoms with Crippen LogP contribution in [0.4, 0.5) is 0 Å². The molecule has 2 N–H and O–H groups in total. The lowest BCUT2D eigenvalue weighted by molar-refractivity contribution is -0.136. The summed E-state index contributed by atoms with van der Waals surface area (Å²) in [6.45, 7) is 2.86.